The van der Waals surface area contributed by atoms with E-state index < -0.39 is 20.5 Å². The van der Waals surface area contributed by atoms with Gasteiger partial charge in [-0.15, -0.1) is 0 Å². The van der Waals surface area contributed by atoms with Gasteiger partial charge in [0.05, 0.1) is 10.1 Å². The van der Waals surface area contributed by atoms with Crippen molar-refractivity contribution in [2.75, 3.05) is 13.1 Å². The highest BCUT2D eigenvalue weighted by Gasteiger charge is 2.59. The Balaban J connectivity index is 2.30. The molecule has 1 aromatic rings. The van der Waals surface area contributed by atoms with Gasteiger partial charge >= 0.3 is 0 Å². The summed E-state index contributed by atoms with van der Waals surface area (Å²) in [6, 6.07) is 6.92. The Bertz CT molecular complexity index is 504. The number of aryl methyl sites for hydroxylation is 1. The van der Waals surface area contributed by atoms with Crippen molar-refractivity contribution in [2.45, 2.75) is 23.5 Å². The first-order chi connectivity index (χ1) is 7.96. The van der Waals surface area contributed by atoms with Gasteiger partial charge in [0.15, 0.2) is 9.84 Å². The minimum absolute atomic E-state index is 0.333. The lowest BCUT2D eigenvalue weighted by Gasteiger charge is -2.12. The third kappa shape index (κ3) is 1.99. The number of hydrogen-bond donors (Lipinski definition) is 2. The van der Waals surface area contributed by atoms with Gasteiger partial charge in [0.25, 0.3) is 0 Å². The fraction of sp³-hybridized carbons (Fsp3) is 0.500. The molecule has 0 unspecified atom stereocenters. The smallest absolute Gasteiger partial charge is 0.181 e. The van der Waals surface area contributed by atoms with E-state index >= 15 is 0 Å². The van der Waals surface area contributed by atoms with E-state index in [-0.39, 0.29) is 0 Å². The number of sulfone groups is 1. The molecule has 1 fully saturated rings. The molecule has 0 radical (unpaired) electrons. The van der Waals surface area contributed by atoms with Crippen LogP contribution in [0.1, 0.15) is 12.0 Å². The second-order valence-electron chi connectivity index (χ2n) is 4.82. The van der Waals surface area contributed by atoms with E-state index in [0.717, 1.165) is 5.56 Å². The predicted molar refractivity (Wildman–Crippen MR) is 67.3 cm³/mol. The van der Waals surface area contributed by atoms with Crippen LogP contribution in [0.4, 0.5) is 0 Å². The van der Waals surface area contributed by atoms with Gasteiger partial charge in [-0.05, 0) is 25.5 Å². The topological polar surface area (TPSA) is 86.2 Å². The zero-order chi connectivity index (χ0) is 12.7. The van der Waals surface area contributed by atoms with Gasteiger partial charge in [-0.3, -0.25) is 0 Å². The molecule has 0 heterocycles. The Labute approximate surface area is 102 Å². The van der Waals surface area contributed by atoms with Gasteiger partial charge in [-0.1, -0.05) is 17.7 Å². The SMILES string of the molecule is Cc1ccc(S(=O)(=O)[C@@H]2CC2(CN)CN)cc1. The summed E-state index contributed by atoms with van der Waals surface area (Å²) >= 11 is 0. The summed E-state index contributed by atoms with van der Waals surface area (Å²) in [6.45, 7) is 2.59. The van der Waals surface area contributed by atoms with Crippen LogP contribution in [0.25, 0.3) is 0 Å². The van der Waals surface area contributed by atoms with Crippen molar-refractivity contribution < 1.29 is 8.42 Å². The first kappa shape index (κ1) is 12.5. The lowest BCUT2D eigenvalue weighted by Crippen LogP contribution is -2.31. The minimum atomic E-state index is -3.27. The number of benzene rings is 1. The van der Waals surface area contributed by atoms with E-state index in [0.29, 0.717) is 24.4 Å². The summed E-state index contributed by atoms with van der Waals surface area (Å²) in [4.78, 5) is 0.372. The zero-order valence-corrected chi connectivity index (χ0v) is 10.7. The molecule has 1 aliphatic carbocycles. The van der Waals surface area contributed by atoms with E-state index in [1.54, 1.807) is 12.1 Å². The van der Waals surface area contributed by atoms with Crippen molar-refractivity contribution in [3.05, 3.63) is 29.8 Å². The van der Waals surface area contributed by atoms with Crippen LogP contribution < -0.4 is 11.5 Å². The third-order valence-electron chi connectivity index (χ3n) is 3.65. The summed E-state index contributed by atoms with van der Waals surface area (Å²) in [5.41, 5.74) is 11.9. The predicted octanol–water partition coefficient (Wildman–Crippen LogP) is 0.445. The average Bonchev–Trinajstić information content (AvgIpc) is 3.06. The number of hydrogen-bond acceptors (Lipinski definition) is 4. The molecule has 0 aliphatic heterocycles. The van der Waals surface area contributed by atoms with Crippen LogP contribution in [0, 0.1) is 12.3 Å². The van der Waals surface area contributed by atoms with Gasteiger partial charge in [0.2, 0.25) is 0 Å². The first-order valence-corrected chi connectivity index (χ1v) is 7.21. The molecule has 5 heteroatoms. The fourth-order valence-corrected chi connectivity index (χ4v) is 4.40. The molecule has 2 rings (SSSR count). The minimum Gasteiger partial charge on any atom is -0.330 e. The lowest BCUT2D eigenvalue weighted by molar-refractivity contribution is 0.525. The summed E-state index contributed by atoms with van der Waals surface area (Å²) < 4.78 is 24.7. The molecule has 0 spiro atoms. The Morgan fingerprint density at radius 3 is 2.18 bits per heavy atom. The number of rotatable bonds is 4. The second-order valence-corrected chi connectivity index (χ2v) is 6.95. The largest absolute Gasteiger partial charge is 0.330 e. The van der Waals surface area contributed by atoms with Crippen LogP contribution in [0.5, 0.6) is 0 Å². The summed E-state index contributed by atoms with van der Waals surface area (Å²) in [7, 11) is -3.27. The van der Waals surface area contributed by atoms with Crippen LogP contribution >= 0.6 is 0 Å². The van der Waals surface area contributed by atoms with Gasteiger partial charge < -0.3 is 11.5 Å². The molecule has 1 aromatic carbocycles. The van der Waals surface area contributed by atoms with E-state index in [4.69, 9.17) is 11.5 Å². The summed E-state index contributed by atoms with van der Waals surface area (Å²) in [5.74, 6) is 0. The second kappa shape index (κ2) is 4.08. The zero-order valence-electron chi connectivity index (χ0n) is 9.89. The molecular weight excluding hydrogens is 236 g/mol. The van der Waals surface area contributed by atoms with Crippen molar-refractivity contribution in [1.29, 1.82) is 0 Å². The van der Waals surface area contributed by atoms with Crippen molar-refractivity contribution in [3.63, 3.8) is 0 Å². The van der Waals surface area contributed by atoms with Crippen molar-refractivity contribution in [2.24, 2.45) is 16.9 Å². The highest BCUT2D eigenvalue weighted by molar-refractivity contribution is 7.92. The molecule has 4 N–H and O–H groups in total. The molecule has 0 aromatic heterocycles. The van der Waals surface area contributed by atoms with Crippen LogP contribution in [0.3, 0.4) is 0 Å². The van der Waals surface area contributed by atoms with Crippen molar-refractivity contribution in [1.82, 2.24) is 0 Å². The van der Waals surface area contributed by atoms with Crippen LogP contribution in [0.15, 0.2) is 29.2 Å². The summed E-state index contributed by atoms with van der Waals surface area (Å²) in [6.07, 6.45) is 0.580. The molecule has 0 amide bonds. The van der Waals surface area contributed by atoms with E-state index in [1.807, 2.05) is 19.1 Å². The van der Waals surface area contributed by atoms with Crippen molar-refractivity contribution >= 4 is 9.84 Å². The Morgan fingerprint density at radius 2 is 1.76 bits per heavy atom. The van der Waals surface area contributed by atoms with Gasteiger partial charge in [-0.2, -0.15) is 0 Å². The van der Waals surface area contributed by atoms with Crippen LogP contribution in [0.2, 0.25) is 0 Å². The maximum absolute atomic E-state index is 12.3. The average molecular weight is 254 g/mol. The Morgan fingerprint density at radius 1 is 1.24 bits per heavy atom. The normalized spacial score (nSPS) is 22.4. The molecule has 94 valence electrons. The monoisotopic (exact) mass is 254 g/mol. The van der Waals surface area contributed by atoms with Gasteiger partial charge in [0, 0.05) is 18.5 Å². The third-order valence-corrected chi connectivity index (χ3v) is 6.00. The van der Waals surface area contributed by atoms with Crippen LogP contribution in [-0.4, -0.2) is 26.8 Å². The molecule has 1 saturated carbocycles. The summed E-state index contributed by atoms with van der Waals surface area (Å²) in [5, 5.41) is -0.410. The van der Waals surface area contributed by atoms with Crippen LogP contribution in [-0.2, 0) is 9.84 Å². The molecule has 17 heavy (non-hydrogen) atoms. The van der Waals surface area contributed by atoms with Gasteiger partial charge in [0.1, 0.15) is 0 Å². The molecule has 0 saturated heterocycles. The Kier molecular flexibility index (Phi) is 3.01. The van der Waals surface area contributed by atoms with E-state index in [9.17, 15) is 8.42 Å². The number of nitrogens with two attached hydrogens (primary N) is 2. The highest BCUT2D eigenvalue weighted by Crippen LogP contribution is 2.50. The Hall–Kier alpha value is -0.910. The standard InChI is InChI=1S/C12H18N2O2S/c1-9-2-4-10(5-3-9)17(15,16)11-6-12(11,7-13)8-14/h2-5,11H,6-8,13-14H2,1H3/t11-/m1/s1. The first-order valence-electron chi connectivity index (χ1n) is 5.67. The highest BCUT2D eigenvalue weighted by atomic mass is 32.2. The molecule has 0 bridgehead atoms. The van der Waals surface area contributed by atoms with Crippen molar-refractivity contribution in [3.8, 4) is 0 Å². The maximum Gasteiger partial charge on any atom is 0.181 e. The molecule has 1 aliphatic rings. The van der Waals surface area contributed by atoms with E-state index in [2.05, 4.69) is 0 Å². The lowest BCUT2D eigenvalue weighted by atomic mass is 10.1. The molecule has 4 nitrogen and oxygen atoms in total. The fourth-order valence-electron chi connectivity index (χ4n) is 2.15. The van der Waals surface area contributed by atoms with E-state index in [1.165, 1.54) is 0 Å². The quantitative estimate of drug-likeness (QED) is 0.816. The molecular formula is C12H18N2O2S. The molecule has 1 atom stereocenters. The maximum atomic E-state index is 12.3. The van der Waals surface area contributed by atoms with Gasteiger partial charge in [-0.25, -0.2) is 8.42 Å².